The summed E-state index contributed by atoms with van der Waals surface area (Å²) in [5, 5.41) is 1.14. The van der Waals surface area contributed by atoms with Crippen LogP contribution in [0.4, 0.5) is 0 Å². The molecule has 3 aromatic carbocycles. The maximum Gasteiger partial charge on any atom is 0.254 e. The van der Waals surface area contributed by atoms with Crippen molar-refractivity contribution in [2.75, 3.05) is 41.0 Å². The Bertz CT molecular complexity index is 1450. The SMILES string of the molecule is CCCN(CC(=O)N(CCc1c[nH]c2ccccc12)Cc1ccc(OC)c(OC)c1)C(=O)c1cccc(OC)c1. The summed E-state index contributed by atoms with van der Waals surface area (Å²) in [4.78, 5) is 34.0. The lowest BCUT2D eigenvalue weighted by molar-refractivity contribution is -0.132. The molecule has 0 atom stereocenters. The Labute approximate surface area is 235 Å². The Hall–Kier alpha value is -4.46. The van der Waals surface area contributed by atoms with E-state index in [-0.39, 0.29) is 18.4 Å². The molecule has 40 heavy (non-hydrogen) atoms. The Balaban J connectivity index is 1.58. The van der Waals surface area contributed by atoms with E-state index < -0.39 is 0 Å². The fourth-order valence-electron chi connectivity index (χ4n) is 4.81. The van der Waals surface area contributed by atoms with E-state index in [1.54, 1.807) is 50.5 Å². The summed E-state index contributed by atoms with van der Waals surface area (Å²) < 4.78 is 16.2. The smallest absolute Gasteiger partial charge is 0.254 e. The number of ether oxygens (including phenoxy) is 3. The molecule has 0 radical (unpaired) electrons. The highest BCUT2D eigenvalue weighted by molar-refractivity contribution is 5.97. The van der Waals surface area contributed by atoms with Gasteiger partial charge in [-0.3, -0.25) is 9.59 Å². The van der Waals surface area contributed by atoms with Crippen molar-refractivity contribution >= 4 is 22.7 Å². The molecule has 0 fully saturated rings. The fourth-order valence-corrected chi connectivity index (χ4v) is 4.81. The van der Waals surface area contributed by atoms with Crippen molar-refractivity contribution in [1.29, 1.82) is 0 Å². The van der Waals surface area contributed by atoms with Crippen molar-refractivity contribution < 1.29 is 23.8 Å². The van der Waals surface area contributed by atoms with Crippen LogP contribution in [-0.2, 0) is 17.8 Å². The maximum absolute atomic E-state index is 13.8. The lowest BCUT2D eigenvalue weighted by Crippen LogP contribution is -2.43. The van der Waals surface area contributed by atoms with E-state index in [4.69, 9.17) is 14.2 Å². The van der Waals surface area contributed by atoms with Gasteiger partial charge in [0.15, 0.2) is 11.5 Å². The van der Waals surface area contributed by atoms with Gasteiger partial charge in [0.1, 0.15) is 12.3 Å². The number of nitrogens with one attached hydrogen (secondary N) is 1. The molecule has 210 valence electrons. The molecule has 4 aromatic rings. The van der Waals surface area contributed by atoms with Crippen molar-refractivity contribution in [3.63, 3.8) is 0 Å². The summed E-state index contributed by atoms with van der Waals surface area (Å²) in [6, 6.07) is 20.8. The van der Waals surface area contributed by atoms with Crippen LogP contribution in [0, 0.1) is 0 Å². The molecule has 8 nitrogen and oxygen atoms in total. The second-order valence-corrected chi connectivity index (χ2v) is 9.57. The second-order valence-electron chi connectivity index (χ2n) is 9.57. The summed E-state index contributed by atoms with van der Waals surface area (Å²) >= 11 is 0. The van der Waals surface area contributed by atoms with Gasteiger partial charge in [0.25, 0.3) is 5.91 Å². The highest BCUT2D eigenvalue weighted by Gasteiger charge is 2.23. The Kier molecular flexibility index (Phi) is 9.67. The van der Waals surface area contributed by atoms with Crippen molar-refractivity contribution in [3.05, 3.63) is 89.6 Å². The number of rotatable bonds is 13. The number of hydrogen-bond acceptors (Lipinski definition) is 5. The molecule has 0 saturated carbocycles. The summed E-state index contributed by atoms with van der Waals surface area (Å²) in [7, 11) is 4.75. The van der Waals surface area contributed by atoms with E-state index >= 15 is 0 Å². The van der Waals surface area contributed by atoms with Gasteiger partial charge in [0, 0.05) is 42.3 Å². The predicted octanol–water partition coefficient (Wildman–Crippen LogP) is 5.32. The molecule has 0 bridgehead atoms. The third-order valence-corrected chi connectivity index (χ3v) is 6.92. The van der Waals surface area contributed by atoms with Crippen LogP contribution in [0.25, 0.3) is 10.9 Å². The number of benzene rings is 3. The maximum atomic E-state index is 13.8. The van der Waals surface area contributed by atoms with Gasteiger partial charge in [-0.15, -0.1) is 0 Å². The number of hydrogen-bond donors (Lipinski definition) is 1. The molecule has 0 aliphatic heterocycles. The van der Waals surface area contributed by atoms with Crippen LogP contribution in [0.3, 0.4) is 0 Å². The zero-order valence-corrected chi connectivity index (χ0v) is 23.6. The van der Waals surface area contributed by atoms with Crippen LogP contribution in [0.5, 0.6) is 17.2 Å². The normalized spacial score (nSPS) is 10.8. The zero-order chi connectivity index (χ0) is 28.5. The quantitative estimate of drug-likeness (QED) is 0.247. The van der Waals surface area contributed by atoms with Crippen LogP contribution in [0.2, 0.25) is 0 Å². The molecule has 0 aliphatic carbocycles. The third-order valence-electron chi connectivity index (χ3n) is 6.92. The van der Waals surface area contributed by atoms with Gasteiger partial charge >= 0.3 is 0 Å². The van der Waals surface area contributed by atoms with E-state index in [0.29, 0.717) is 48.9 Å². The number of H-pyrrole nitrogens is 1. The Morgan fingerprint density at radius 2 is 1.62 bits per heavy atom. The van der Waals surface area contributed by atoms with Crippen molar-refractivity contribution in [3.8, 4) is 17.2 Å². The molecule has 2 amide bonds. The Morgan fingerprint density at radius 3 is 2.38 bits per heavy atom. The van der Waals surface area contributed by atoms with Gasteiger partial charge < -0.3 is 29.0 Å². The van der Waals surface area contributed by atoms with Crippen LogP contribution in [-0.4, -0.2) is 67.6 Å². The molecule has 1 aromatic heterocycles. The van der Waals surface area contributed by atoms with Crippen LogP contribution in [0.1, 0.15) is 34.8 Å². The average molecular weight is 544 g/mol. The van der Waals surface area contributed by atoms with Crippen LogP contribution >= 0.6 is 0 Å². The molecule has 4 rings (SSSR count). The first-order chi connectivity index (χ1) is 19.5. The minimum Gasteiger partial charge on any atom is -0.497 e. The van der Waals surface area contributed by atoms with E-state index in [2.05, 4.69) is 11.1 Å². The number of aromatic nitrogens is 1. The number of amides is 2. The minimum atomic E-state index is -0.197. The van der Waals surface area contributed by atoms with Gasteiger partial charge in [0.05, 0.1) is 21.3 Å². The van der Waals surface area contributed by atoms with E-state index in [1.165, 1.54) is 0 Å². The second kappa shape index (κ2) is 13.6. The lowest BCUT2D eigenvalue weighted by Gasteiger charge is -2.28. The molecule has 0 aliphatic rings. The summed E-state index contributed by atoms with van der Waals surface area (Å²) in [6.45, 7) is 3.30. The van der Waals surface area contributed by atoms with Crippen molar-refractivity contribution in [2.24, 2.45) is 0 Å². The van der Waals surface area contributed by atoms with Crippen molar-refractivity contribution in [1.82, 2.24) is 14.8 Å². The minimum absolute atomic E-state index is 0.0228. The molecule has 1 heterocycles. The molecule has 8 heteroatoms. The first-order valence-corrected chi connectivity index (χ1v) is 13.4. The number of para-hydroxylation sites is 1. The number of aromatic amines is 1. The molecule has 1 N–H and O–H groups in total. The monoisotopic (exact) mass is 543 g/mol. The first kappa shape index (κ1) is 28.5. The zero-order valence-electron chi connectivity index (χ0n) is 23.6. The first-order valence-electron chi connectivity index (χ1n) is 13.4. The highest BCUT2D eigenvalue weighted by atomic mass is 16.5. The van der Waals surface area contributed by atoms with Gasteiger partial charge in [-0.2, -0.15) is 0 Å². The summed E-state index contributed by atoms with van der Waals surface area (Å²) in [5.41, 5.74) is 3.60. The topological polar surface area (TPSA) is 84.1 Å². The molecular weight excluding hydrogens is 506 g/mol. The van der Waals surface area contributed by atoms with E-state index in [9.17, 15) is 9.59 Å². The highest BCUT2D eigenvalue weighted by Crippen LogP contribution is 2.28. The van der Waals surface area contributed by atoms with Gasteiger partial charge in [-0.05, 0) is 60.4 Å². The van der Waals surface area contributed by atoms with Gasteiger partial charge in [-0.25, -0.2) is 0 Å². The van der Waals surface area contributed by atoms with Gasteiger partial charge in [-0.1, -0.05) is 37.3 Å². The van der Waals surface area contributed by atoms with Crippen LogP contribution in [0.15, 0.2) is 72.9 Å². The van der Waals surface area contributed by atoms with Crippen molar-refractivity contribution in [2.45, 2.75) is 26.3 Å². The molecular formula is C32H37N3O5. The molecule has 0 saturated heterocycles. The molecule has 0 spiro atoms. The number of fused-ring (bicyclic) bond motifs is 1. The van der Waals surface area contributed by atoms with Gasteiger partial charge in [0.2, 0.25) is 5.91 Å². The number of carbonyl (C=O) groups excluding carboxylic acids is 2. The molecule has 0 unspecified atom stereocenters. The number of methoxy groups -OCH3 is 3. The lowest BCUT2D eigenvalue weighted by atomic mass is 10.1. The standard InChI is InChI=1S/C32H37N3O5/c1-5-16-35(32(37)24-9-8-10-26(19-24)38-2)22-31(36)34(21-23-13-14-29(39-3)30(18-23)40-4)17-15-25-20-33-28-12-7-6-11-27(25)28/h6-14,18-20,33H,5,15-17,21-22H2,1-4H3. The number of carbonyl (C=O) groups is 2. The summed E-state index contributed by atoms with van der Waals surface area (Å²) in [6.07, 6.45) is 3.40. The predicted molar refractivity (Wildman–Crippen MR) is 156 cm³/mol. The van der Waals surface area contributed by atoms with E-state index in [1.807, 2.05) is 54.4 Å². The average Bonchev–Trinajstić information content (AvgIpc) is 3.41. The summed E-state index contributed by atoms with van der Waals surface area (Å²) in [5.74, 6) is 1.50. The number of nitrogens with zero attached hydrogens (tertiary/aromatic N) is 2. The Morgan fingerprint density at radius 1 is 0.825 bits per heavy atom. The third kappa shape index (κ3) is 6.75. The fraction of sp³-hybridized carbons (Fsp3) is 0.312. The van der Waals surface area contributed by atoms with E-state index in [0.717, 1.165) is 28.5 Å². The largest absolute Gasteiger partial charge is 0.497 e. The van der Waals surface area contributed by atoms with Crippen LogP contribution < -0.4 is 14.2 Å².